The summed E-state index contributed by atoms with van der Waals surface area (Å²) in [5.41, 5.74) is 1.46. The van der Waals surface area contributed by atoms with Crippen LogP contribution in [0.4, 0.5) is 0 Å². The van der Waals surface area contributed by atoms with Crippen molar-refractivity contribution in [2.45, 2.75) is 64.7 Å². The molecule has 0 bridgehead atoms. The second-order valence-electron chi connectivity index (χ2n) is 10.4. The summed E-state index contributed by atoms with van der Waals surface area (Å²) in [6.45, 7) is 7.12. The normalized spacial score (nSPS) is 18.9. The number of likely N-dealkylation sites (N-methyl/N-ethyl adjacent to an activating group) is 1. The number of benzene rings is 1. The van der Waals surface area contributed by atoms with Crippen LogP contribution >= 0.6 is 0 Å². The molecule has 3 rings (SSSR count). The Morgan fingerprint density at radius 2 is 1.77 bits per heavy atom. The summed E-state index contributed by atoms with van der Waals surface area (Å²) in [4.78, 5) is 57.7. The standard InChI is InChI=1S/C28H37BN4O7/c1-17(2)16-23(29-39-24(35)14-15-33(5)18(3)28(38)40-29)31-27(37)25(19(4)34)32-26(36)22-13-9-12-21(30-22)20-10-7-6-8-11-20/h6-13,17-19,23,25,34H,14-16H2,1-5H3,(H,31,37)(H,32,36)/t18?,19-,23+,25+/m1/s1. The molecule has 0 aliphatic carbocycles. The van der Waals surface area contributed by atoms with E-state index in [-0.39, 0.29) is 18.0 Å². The van der Waals surface area contributed by atoms with Gasteiger partial charge in [0.2, 0.25) is 5.91 Å². The van der Waals surface area contributed by atoms with Gasteiger partial charge in [-0.1, -0.05) is 50.2 Å². The summed E-state index contributed by atoms with van der Waals surface area (Å²) in [6.07, 6.45) is -0.944. The first-order chi connectivity index (χ1) is 19.0. The Balaban J connectivity index is 1.79. The van der Waals surface area contributed by atoms with Gasteiger partial charge in [-0.2, -0.15) is 0 Å². The van der Waals surface area contributed by atoms with Crippen molar-refractivity contribution in [3.05, 3.63) is 54.2 Å². The van der Waals surface area contributed by atoms with Crippen molar-refractivity contribution in [3.8, 4) is 11.3 Å². The van der Waals surface area contributed by atoms with E-state index in [1.54, 1.807) is 31.0 Å². The second kappa shape index (κ2) is 14.0. The molecule has 2 heterocycles. The molecule has 214 valence electrons. The van der Waals surface area contributed by atoms with E-state index in [9.17, 15) is 24.3 Å². The number of pyridine rings is 1. The molecular weight excluding hydrogens is 515 g/mol. The third kappa shape index (κ3) is 8.37. The Kier molecular flexibility index (Phi) is 10.8. The summed E-state index contributed by atoms with van der Waals surface area (Å²) >= 11 is 0. The molecular formula is C28H37BN4O7. The number of hydrogen-bond donors (Lipinski definition) is 3. The number of aliphatic hydroxyl groups excluding tert-OH is 1. The van der Waals surface area contributed by atoms with Gasteiger partial charge >= 0.3 is 13.1 Å². The Morgan fingerprint density at radius 1 is 1.07 bits per heavy atom. The molecule has 11 nitrogen and oxygen atoms in total. The van der Waals surface area contributed by atoms with Gasteiger partial charge < -0.3 is 25.0 Å². The maximum Gasteiger partial charge on any atom is 0.622 e. The van der Waals surface area contributed by atoms with E-state index in [1.807, 2.05) is 44.2 Å². The fraction of sp³-hybridized carbons (Fsp3) is 0.464. The zero-order valence-electron chi connectivity index (χ0n) is 23.5. The molecule has 1 aromatic carbocycles. The smallest absolute Gasteiger partial charge is 0.498 e. The van der Waals surface area contributed by atoms with E-state index in [1.165, 1.54) is 13.0 Å². The highest BCUT2D eigenvalue weighted by Crippen LogP contribution is 2.17. The summed E-state index contributed by atoms with van der Waals surface area (Å²) in [7, 11) is 0.322. The van der Waals surface area contributed by atoms with Gasteiger partial charge in [0, 0.05) is 12.1 Å². The molecule has 0 radical (unpaired) electrons. The molecule has 1 aromatic heterocycles. The number of aromatic nitrogens is 1. The Labute approximate surface area is 234 Å². The van der Waals surface area contributed by atoms with Crippen LogP contribution in [0.5, 0.6) is 0 Å². The van der Waals surface area contributed by atoms with Crippen molar-refractivity contribution >= 4 is 30.9 Å². The maximum atomic E-state index is 13.4. The third-order valence-corrected chi connectivity index (χ3v) is 6.64. The van der Waals surface area contributed by atoms with Crippen molar-refractivity contribution in [1.82, 2.24) is 20.5 Å². The molecule has 4 atom stereocenters. The first-order valence-electron chi connectivity index (χ1n) is 13.4. The van der Waals surface area contributed by atoms with E-state index < -0.39 is 55.0 Å². The SMILES string of the molecule is CC(C)C[C@H](NC(=O)[C@@H](NC(=O)c1cccc(-c2ccccc2)n1)[C@@H](C)O)B1OC(=O)CCN(C)C(C)C(=O)O1. The van der Waals surface area contributed by atoms with E-state index in [0.29, 0.717) is 18.7 Å². The molecule has 1 aliphatic rings. The first kappa shape index (κ1) is 30.8. The van der Waals surface area contributed by atoms with Gasteiger partial charge in [-0.3, -0.25) is 24.1 Å². The molecule has 2 aromatic rings. The quantitative estimate of drug-likeness (QED) is 0.395. The predicted octanol–water partition coefficient (Wildman–Crippen LogP) is 1.60. The zero-order chi connectivity index (χ0) is 29.4. The molecule has 1 saturated heterocycles. The number of carbonyl (C=O) groups is 4. The average molecular weight is 552 g/mol. The van der Waals surface area contributed by atoms with Crippen LogP contribution in [0.1, 0.15) is 51.0 Å². The minimum absolute atomic E-state index is 0.0138. The van der Waals surface area contributed by atoms with E-state index >= 15 is 0 Å². The molecule has 0 saturated carbocycles. The van der Waals surface area contributed by atoms with Crippen molar-refractivity contribution in [2.75, 3.05) is 13.6 Å². The molecule has 12 heteroatoms. The van der Waals surface area contributed by atoms with Gasteiger partial charge in [0.15, 0.2) is 0 Å². The van der Waals surface area contributed by atoms with Gasteiger partial charge in [0.1, 0.15) is 17.8 Å². The van der Waals surface area contributed by atoms with Crippen molar-refractivity contribution in [1.29, 1.82) is 0 Å². The Hall–Kier alpha value is -3.77. The van der Waals surface area contributed by atoms with Crippen LogP contribution in [0.15, 0.2) is 48.5 Å². The Morgan fingerprint density at radius 3 is 2.42 bits per heavy atom. The second-order valence-corrected chi connectivity index (χ2v) is 10.4. The maximum absolute atomic E-state index is 13.4. The number of hydrogen-bond acceptors (Lipinski definition) is 9. The van der Waals surface area contributed by atoms with Gasteiger partial charge in [-0.15, -0.1) is 0 Å². The molecule has 40 heavy (non-hydrogen) atoms. The van der Waals surface area contributed by atoms with Crippen LogP contribution in [0.2, 0.25) is 0 Å². The van der Waals surface area contributed by atoms with Gasteiger partial charge in [0.05, 0.1) is 24.2 Å². The highest BCUT2D eigenvalue weighted by molar-refractivity contribution is 6.51. The van der Waals surface area contributed by atoms with E-state index in [0.717, 1.165) is 5.56 Å². The van der Waals surface area contributed by atoms with Crippen molar-refractivity contribution < 1.29 is 33.6 Å². The predicted molar refractivity (Wildman–Crippen MR) is 149 cm³/mol. The summed E-state index contributed by atoms with van der Waals surface area (Å²) < 4.78 is 11.0. The molecule has 1 unspecified atom stereocenters. The highest BCUT2D eigenvalue weighted by Gasteiger charge is 2.43. The minimum atomic E-state index is -1.38. The molecule has 1 aliphatic heterocycles. The van der Waals surface area contributed by atoms with E-state index in [2.05, 4.69) is 15.6 Å². The minimum Gasteiger partial charge on any atom is -0.498 e. The number of nitrogens with zero attached hydrogens (tertiary/aromatic N) is 2. The van der Waals surface area contributed by atoms with Crippen molar-refractivity contribution in [2.24, 2.45) is 5.92 Å². The number of aliphatic hydroxyl groups is 1. The van der Waals surface area contributed by atoms with Crippen LogP contribution in [0.3, 0.4) is 0 Å². The summed E-state index contributed by atoms with van der Waals surface area (Å²) in [5.74, 6) is -3.48. The number of nitrogens with one attached hydrogen (secondary N) is 2. The van der Waals surface area contributed by atoms with Crippen LogP contribution in [0, 0.1) is 5.92 Å². The van der Waals surface area contributed by atoms with Crippen molar-refractivity contribution in [3.63, 3.8) is 0 Å². The average Bonchev–Trinajstić information content (AvgIpc) is 2.97. The first-order valence-corrected chi connectivity index (χ1v) is 13.4. The van der Waals surface area contributed by atoms with Crippen LogP contribution in [-0.4, -0.2) is 83.6 Å². The summed E-state index contributed by atoms with van der Waals surface area (Å²) in [6, 6.07) is 12.3. The van der Waals surface area contributed by atoms with Gasteiger partial charge in [-0.05, 0) is 45.4 Å². The lowest BCUT2D eigenvalue weighted by Gasteiger charge is -2.28. The molecule has 2 amide bonds. The lowest BCUT2D eigenvalue weighted by molar-refractivity contribution is -0.142. The zero-order valence-corrected chi connectivity index (χ0v) is 23.5. The highest BCUT2D eigenvalue weighted by atomic mass is 16.6. The van der Waals surface area contributed by atoms with E-state index in [4.69, 9.17) is 9.31 Å². The topological polar surface area (TPSA) is 147 Å². The monoisotopic (exact) mass is 552 g/mol. The fourth-order valence-corrected chi connectivity index (χ4v) is 4.20. The van der Waals surface area contributed by atoms with Gasteiger partial charge in [0.25, 0.3) is 11.9 Å². The van der Waals surface area contributed by atoms with Crippen LogP contribution in [0.25, 0.3) is 11.3 Å². The van der Waals surface area contributed by atoms with Crippen LogP contribution in [-0.2, 0) is 23.7 Å². The lowest BCUT2D eigenvalue weighted by Crippen LogP contribution is -2.59. The Bertz CT molecular complexity index is 1190. The number of rotatable bonds is 9. The number of amides is 2. The summed E-state index contributed by atoms with van der Waals surface area (Å²) in [5, 5.41) is 15.7. The van der Waals surface area contributed by atoms with Gasteiger partial charge in [-0.25, -0.2) is 4.98 Å². The third-order valence-electron chi connectivity index (χ3n) is 6.64. The molecule has 3 N–H and O–H groups in total. The largest absolute Gasteiger partial charge is 0.622 e. The lowest BCUT2D eigenvalue weighted by atomic mass is 9.73. The fourth-order valence-electron chi connectivity index (χ4n) is 4.20. The molecule has 1 fully saturated rings. The number of carbonyl (C=O) groups excluding carboxylic acids is 4. The molecule has 0 spiro atoms. The van der Waals surface area contributed by atoms with Crippen LogP contribution < -0.4 is 10.6 Å².